The van der Waals surface area contributed by atoms with E-state index in [-0.39, 0.29) is 11.3 Å². The number of esters is 1. The van der Waals surface area contributed by atoms with Crippen LogP contribution < -0.4 is 4.90 Å². The second-order valence-electron chi connectivity index (χ2n) is 7.61. The Morgan fingerprint density at radius 2 is 1.72 bits per heavy atom. The summed E-state index contributed by atoms with van der Waals surface area (Å²) < 4.78 is 6.90. The summed E-state index contributed by atoms with van der Waals surface area (Å²) >= 11 is 2.61. The van der Waals surface area contributed by atoms with E-state index in [1.54, 1.807) is 23.4 Å². The van der Waals surface area contributed by atoms with E-state index < -0.39 is 23.4 Å². The monoisotopic (exact) mass is 519 g/mol. The van der Waals surface area contributed by atoms with Gasteiger partial charge in [0.2, 0.25) is 0 Å². The highest BCUT2D eigenvalue weighted by Gasteiger charge is 2.29. The fourth-order valence-electron chi connectivity index (χ4n) is 3.59. The van der Waals surface area contributed by atoms with E-state index in [1.165, 1.54) is 23.4 Å². The summed E-state index contributed by atoms with van der Waals surface area (Å²) in [6.45, 7) is -0.532. The predicted molar refractivity (Wildman–Crippen MR) is 133 cm³/mol. The number of nitro groups is 1. The van der Waals surface area contributed by atoms with Crippen LogP contribution in [0, 0.1) is 10.1 Å². The van der Waals surface area contributed by atoms with Gasteiger partial charge in [-0.2, -0.15) is 0 Å². The highest BCUT2D eigenvalue weighted by molar-refractivity contribution is 7.99. The first-order chi connectivity index (χ1) is 17.4. The van der Waals surface area contributed by atoms with Crippen LogP contribution in [0.3, 0.4) is 0 Å². The van der Waals surface area contributed by atoms with E-state index in [1.807, 2.05) is 48.5 Å². The Morgan fingerprint density at radius 3 is 2.33 bits per heavy atom. The van der Waals surface area contributed by atoms with Crippen LogP contribution in [0.25, 0.3) is 0 Å². The van der Waals surface area contributed by atoms with E-state index in [0.717, 1.165) is 27.6 Å². The lowest BCUT2D eigenvalue weighted by molar-refractivity contribution is -0.387. The van der Waals surface area contributed by atoms with Gasteiger partial charge in [-0.3, -0.25) is 19.8 Å². The molecule has 0 bridgehead atoms. The van der Waals surface area contributed by atoms with E-state index in [9.17, 15) is 19.7 Å². The number of benzene rings is 3. The van der Waals surface area contributed by atoms with Crippen molar-refractivity contribution in [2.24, 2.45) is 7.05 Å². The van der Waals surface area contributed by atoms with E-state index in [2.05, 4.69) is 10.2 Å². The summed E-state index contributed by atoms with van der Waals surface area (Å²) in [5.74, 6) is -1.28. The largest absolute Gasteiger partial charge is 0.452 e. The quantitative estimate of drug-likeness (QED) is 0.200. The average molecular weight is 520 g/mol. The van der Waals surface area contributed by atoms with Gasteiger partial charge in [-0.05, 0) is 48.2 Å². The van der Waals surface area contributed by atoms with Gasteiger partial charge >= 0.3 is 5.97 Å². The number of hydrogen-bond donors (Lipinski definition) is 0. The van der Waals surface area contributed by atoms with Gasteiger partial charge < -0.3 is 9.30 Å². The number of carbonyl (C=O) groups is 2. The molecule has 1 aliphatic heterocycles. The van der Waals surface area contributed by atoms with Gasteiger partial charge in [0.25, 0.3) is 11.6 Å². The van der Waals surface area contributed by atoms with Crippen molar-refractivity contribution in [3.05, 3.63) is 88.7 Å². The van der Waals surface area contributed by atoms with E-state index >= 15 is 0 Å². The number of para-hydroxylation sites is 2. The molecule has 12 heteroatoms. The van der Waals surface area contributed by atoms with Crippen molar-refractivity contribution >= 4 is 52.5 Å². The first kappa shape index (κ1) is 23.6. The summed E-state index contributed by atoms with van der Waals surface area (Å²) in [5.41, 5.74) is 1.08. The zero-order chi connectivity index (χ0) is 25.2. The molecule has 3 aromatic carbocycles. The minimum atomic E-state index is -0.838. The van der Waals surface area contributed by atoms with Gasteiger partial charge in [-0.1, -0.05) is 36.0 Å². The zero-order valence-electron chi connectivity index (χ0n) is 18.7. The van der Waals surface area contributed by atoms with Crippen molar-refractivity contribution in [3.63, 3.8) is 0 Å². The van der Waals surface area contributed by atoms with Crippen molar-refractivity contribution in [2.45, 2.75) is 19.8 Å². The molecule has 180 valence electrons. The normalized spacial score (nSPS) is 12.0. The first-order valence-corrected chi connectivity index (χ1v) is 12.2. The van der Waals surface area contributed by atoms with Gasteiger partial charge in [-0.25, -0.2) is 4.79 Å². The molecule has 0 atom stereocenters. The fourth-order valence-corrected chi connectivity index (χ4v) is 5.49. The Labute approximate surface area is 213 Å². The lowest BCUT2D eigenvalue weighted by Crippen LogP contribution is -2.32. The van der Waals surface area contributed by atoms with Crippen LogP contribution in [-0.2, 0) is 16.6 Å². The minimum Gasteiger partial charge on any atom is -0.452 e. The fraction of sp³-hybridized carbons (Fsp3) is 0.0833. The van der Waals surface area contributed by atoms with Gasteiger partial charge in [0, 0.05) is 22.9 Å². The van der Waals surface area contributed by atoms with Crippen LogP contribution in [0.15, 0.2) is 92.9 Å². The van der Waals surface area contributed by atoms with Crippen molar-refractivity contribution < 1.29 is 19.2 Å². The van der Waals surface area contributed by atoms with Crippen LogP contribution in [-0.4, -0.2) is 38.2 Å². The van der Waals surface area contributed by atoms with Crippen LogP contribution in [0.4, 0.5) is 17.1 Å². The SMILES string of the molecule is Cn1cnnc1Sc1ccc(C(=O)OCC(=O)N2c3ccccc3Sc3ccccc32)cc1[N+](=O)[O-]. The topological polar surface area (TPSA) is 120 Å². The summed E-state index contributed by atoms with van der Waals surface area (Å²) in [4.78, 5) is 40.6. The maximum absolute atomic E-state index is 13.2. The molecule has 2 heterocycles. The summed E-state index contributed by atoms with van der Waals surface area (Å²) in [6, 6.07) is 18.9. The Balaban J connectivity index is 1.34. The predicted octanol–water partition coefficient (Wildman–Crippen LogP) is 4.86. The number of anilines is 2. The molecule has 1 aliphatic rings. The van der Waals surface area contributed by atoms with Crippen LogP contribution in [0.2, 0.25) is 0 Å². The van der Waals surface area contributed by atoms with Crippen molar-refractivity contribution in [1.29, 1.82) is 0 Å². The number of nitro benzene ring substituents is 1. The Kier molecular flexibility index (Phi) is 6.44. The Hall–Kier alpha value is -4.16. The number of amides is 1. The molecule has 0 aliphatic carbocycles. The zero-order valence-corrected chi connectivity index (χ0v) is 20.4. The molecule has 5 rings (SSSR count). The molecule has 0 saturated carbocycles. The number of rotatable bonds is 6. The molecule has 0 fully saturated rings. The molecule has 0 saturated heterocycles. The third-order valence-corrected chi connectivity index (χ3v) is 7.52. The molecular formula is C24H17N5O5S2. The number of aryl methyl sites for hydroxylation is 1. The third-order valence-electron chi connectivity index (χ3n) is 5.27. The lowest BCUT2D eigenvalue weighted by Gasteiger charge is -2.30. The number of ether oxygens (including phenoxy) is 1. The highest BCUT2D eigenvalue weighted by Crippen LogP contribution is 2.47. The number of carbonyl (C=O) groups excluding carboxylic acids is 2. The number of fused-ring (bicyclic) bond motifs is 2. The molecule has 1 amide bonds. The first-order valence-electron chi connectivity index (χ1n) is 10.6. The smallest absolute Gasteiger partial charge is 0.338 e. The highest BCUT2D eigenvalue weighted by atomic mass is 32.2. The van der Waals surface area contributed by atoms with Gasteiger partial charge in [0.15, 0.2) is 11.8 Å². The third kappa shape index (κ3) is 4.55. The molecule has 0 unspecified atom stereocenters. The second-order valence-corrected chi connectivity index (χ2v) is 9.70. The van der Waals surface area contributed by atoms with Gasteiger partial charge in [0.1, 0.15) is 6.33 Å². The summed E-state index contributed by atoms with van der Waals surface area (Å²) in [6.07, 6.45) is 1.48. The molecule has 0 radical (unpaired) electrons. The molecule has 4 aromatic rings. The lowest BCUT2D eigenvalue weighted by atomic mass is 10.2. The van der Waals surface area contributed by atoms with Crippen LogP contribution in [0.5, 0.6) is 0 Å². The summed E-state index contributed by atoms with van der Waals surface area (Å²) in [5, 5.41) is 19.8. The molecule has 1 aromatic heterocycles. The maximum Gasteiger partial charge on any atom is 0.338 e. The molecule has 0 N–H and O–H groups in total. The molecule has 10 nitrogen and oxygen atoms in total. The van der Waals surface area contributed by atoms with Gasteiger partial charge in [-0.15, -0.1) is 10.2 Å². The standard InChI is InChI=1S/C24H17N5O5S2/c1-27-14-25-26-24(27)36-21-11-10-15(12-18(21)29(32)33)23(31)34-13-22(30)28-16-6-2-4-8-19(16)35-20-9-5-3-7-17(20)28/h2-12,14H,13H2,1H3. The minimum absolute atomic E-state index is 0.0354. The summed E-state index contributed by atoms with van der Waals surface area (Å²) in [7, 11) is 1.72. The van der Waals surface area contributed by atoms with Crippen molar-refractivity contribution in [2.75, 3.05) is 11.5 Å². The Bertz CT molecular complexity index is 1460. The van der Waals surface area contributed by atoms with Gasteiger partial charge in [0.05, 0.1) is 26.8 Å². The van der Waals surface area contributed by atoms with E-state index in [4.69, 9.17) is 4.74 Å². The molecular weight excluding hydrogens is 502 g/mol. The van der Waals surface area contributed by atoms with Crippen molar-refractivity contribution in [3.8, 4) is 0 Å². The van der Waals surface area contributed by atoms with Crippen LogP contribution in [0.1, 0.15) is 10.4 Å². The van der Waals surface area contributed by atoms with Crippen LogP contribution >= 0.6 is 23.5 Å². The molecule has 36 heavy (non-hydrogen) atoms. The molecule has 0 spiro atoms. The number of nitrogens with zero attached hydrogens (tertiary/aromatic N) is 5. The average Bonchev–Trinajstić information content (AvgIpc) is 3.29. The maximum atomic E-state index is 13.2. The second kappa shape index (κ2) is 9.84. The van der Waals surface area contributed by atoms with Crippen molar-refractivity contribution in [1.82, 2.24) is 14.8 Å². The van der Waals surface area contributed by atoms with E-state index in [0.29, 0.717) is 21.4 Å². The number of aromatic nitrogens is 3. The number of hydrogen-bond acceptors (Lipinski definition) is 9. The Morgan fingerprint density at radius 1 is 1.06 bits per heavy atom.